The molecular weight excluding hydrogens is 395 g/mol. The number of benzene rings is 3. The molecule has 0 atom stereocenters. The van der Waals surface area contributed by atoms with Gasteiger partial charge in [-0.2, -0.15) is 0 Å². The fraction of sp³-hybridized carbons (Fsp3) is 0.120. The van der Waals surface area contributed by atoms with Crippen LogP contribution in [0, 0.1) is 19.7 Å². The van der Waals surface area contributed by atoms with E-state index in [4.69, 9.17) is 9.15 Å². The second-order valence-corrected chi connectivity index (χ2v) is 7.12. The fourth-order valence-corrected chi connectivity index (χ4v) is 2.99. The summed E-state index contributed by atoms with van der Waals surface area (Å²) in [6.45, 7) is 3.80. The van der Waals surface area contributed by atoms with Crippen molar-refractivity contribution >= 4 is 11.6 Å². The van der Waals surface area contributed by atoms with E-state index in [1.54, 1.807) is 43.3 Å². The Hall–Kier alpha value is -3.93. The molecule has 0 spiro atoms. The zero-order valence-corrected chi connectivity index (χ0v) is 17.2. The van der Waals surface area contributed by atoms with E-state index in [-0.39, 0.29) is 11.7 Å². The second-order valence-electron chi connectivity index (χ2n) is 7.12. The summed E-state index contributed by atoms with van der Waals surface area (Å²) in [7, 11) is 0. The first-order valence-electron chi connectivity index (χ1n) is 9.82. The molecule has 0 aliphatic carbocycles. The van der Waals surface area contributed by atoms with Crippen LogP contribution >= 0.6 is 0 Å². The van der Waals surface area contributed by atoms with Gasteiger partial charge in [0.05, 0.1) is 0 Å². The molecule has 1 heterocycles. The number of ether oxygens (including phenoxy) is 1. The number of oxazole rings is 1. The molecule has 0 radical (unpaired) electrons. The molecule has 6 heteroatoms. The molecule has 0 fully saturated rings. The Morgan fingerprint density at radius 1 is 1.03 bits per heavy atom. The number of para-hydroxylation sites is 1. The number of nitrogens with one attached hydrogen (secondary N) is 1. The minimum atomic E-state index is -0.362. The summed E-state index contributed by atoms with van der Waals surface area (Å²) >= 11 is 0. The molecule has 4 aromatic rings. The number of anilines is 1. The maximum atomic E-state index is 13.7. The number of rotatable bonds is 6. The van der Waals surface area contributed by atoms with Gasteiger partial charge in [0.1, 0.15) is 29.6 Å². The van der Waals surface area contributed by atoms with Crippen LogP contribution in [0.2, 0.25) is 0 Å². The minimum absolute atomic E-state index is 0.299. The van der Waals surface area contributed by atoms with Gasteiger partial charge in [0, 0.05) is 16.8 Å². The van der Waals surface area contributed by atoms with Crippen molar-refractivity contribution in [1.29, 1.82) is 0 Å². The van der Waals surface area contributed by atoms with Gasteiger partial charge in [-0.15, -0.1) is 0 Å². The Bertz CT molecular complexity index is 1200. The molecule has 1 aromatic heterocycles. The van der Waals surface area contributed by atoms with Crippen LogP contribution in [-0.4, -0.2) is 10.9 Å². The van der Waals surface area contributed by atoms with E-state index >= 15 is 0 Å². The number of carbonyl (C=O) groups is 1. The number of hydrogen-bond donors (Lipinski definition) is 1. The van der Waals surface area contributed by atoms with Gasteiger partial charge in [-0.05, 0) is 67.9 Å². The quantitative estimate of drug-likeness (QED) is 0.423. The number of hydrogen-bond acceptors (Lipinski definition) is 4. The monoisotopic (exact) mass is 416 g/mol. The maximum Gasteiger partial charge on any atom is 0.255 e. The SMILES string of the molecule is Cc1ccc(NC(=O)c2ccc(-c3nc(COc4ccccc4)c(C)o3)cc2)cc1F. The largest absolute Gasteiger partial charge is 0.487 e. The molecule has 3 aromatic carbocycles. The summed E-state index contributed by atoms with van der Waals surface area (Å²) < 4.78 is 25.2. The summed E-state index contributed by atoms with van der Waals surface area (Å²) in [5.41, 5.74) is 2.83. The van der Waals surface area contributed by atoms with Crippen LogP contribution in [0.4, 0.5) is 10.1 Å². The third-order valence-corrected chi connectivity index (χ3v) is 4.84. The average Bonchev–Trinajstić information content (AvgIpc) is 3.16. The highest BCUT2D eigenvalue weighted by Gasteiger charge is 2.14. The Morgan fingerprint density at radius 2 is 1.77 bits per heavy atom. The Balaban J connectivity index is 1.44. The predicted octanol–water partition coefficient (Wildman–Crippen LogP) is 5.93. The second kappa shape index (κ2) is 8.83. The molecule has 0 unspecified atom stereocenters. The van der Waals surface area contributed by atoms with Crippen molar-refractivity contribution < 1.29 is 18.3 Å². The van der Waals surface area contributed by atoms with Gasteiger partial charge >= 0.3 is 0 Å². The molecule has 1 amide bonds. The number of aromatic nitrogens is 1. The number of carbonyl (C=O) groups excluding carboxylic acids is 1. The van der Waals surface area contributed by atoms with Crippen LogP contribution < -0.4 is 10.1 Å². The van der Waals surface area contributed by atoms with E-state index in [0.29, 0.717) is 40.8 Å². The van der Waals surface area contributed by atoms with E-state index in [2.05, 4.69) is 10.3 Å². The van der Waals surface area contributed by atoms with Crippen LogP contribution in [-0.2, 0) is 6.61 Å². The van der Waals surface area contributed by atoms with Gasteiger partial charge < -0.3 is 14.5 Å². The van der Waals surface area contributed by atoms with Crippen molar-refractivity contribution in [3.8, 4) is 17.2 Å². The van der Waals surface area contributed by atoms with Crippen LogP contribution in [0.15, 0.2) is 77.2 Å². The average molecular weight is 416 g/mol. The van der Waals surface area contributed by atoms with Crippen molar-refractivity contribution in [2.24, 2.45) is 0 Å². The van der Waals surface area contributed by atoms with E-state index in [9.17, 15) is 9.18 Å². The van der Waals surface area contributed by atoms with E-state index in [1.165, 1.54) is 6.07 Å². The molecular formula is C25H21FN2O3. The first-order valence-corrected chi connectivity index (χ1v) is 9.82. The van der Waals surface area contributed by atoms with Crippen molar-refractivity contribution in [3.63, 3.8) is 0 Å². The topological polar surface area (TPSA) is 64.4 Å². The summed E-state index contributed by atoms with van der Waals surface area (Å²) in [5.74, 6) is 1.20. The lowest BCUT2D eigenvalue weighted by Crippen LogP contribution is -2.12. The highest BCUT2D eigenvalue weighted by molar-refractivity contribution is 6.04. The number of amides is 1. The molecule has 0 saturated carbocycles. The summed E-state index contributed by atoms with van der Waals surface area (Å²) in [6.07, 6.45) is 0. The summed E-state index contributed by atoms with van der Waals surface area (Å²) in [6, 6.07) is 21.0. The highest BCUT2D eigenvalue weighted by Crippen LogP contribution is 2.24. The molecule has 5 nitrogen and oxygen atoms in total. The van der Waals surface area contributed by atoms with Crippen LogP contribution in [0.3, 0.4) is 0 Å². The van der Waals surface area contributed by atoms with Gasteiger partial charge in [0.2, 0.25) is 5.89 Å². The minimum Gasteiger partial charge on any atom is -0.487 e. The van der Waals surface area contributed by atoms with Crippen molar-refractivity contribution in [3.05, 3.63) is 101 Å². The van der Waals surface area contributed by atoms with Crippen LogP contribution in [0.1, 0.15) is 27.4 Å². The Labute approximate surface area is 179 Å². The van der Waals surface area contributed by atoms with Crippen LogP contribution in [0.25, 0.3) is 11.5 Å². The molecule has 0 bridgehead atoms. The Kier molecular flexibility index (Phi) is 5.80. The number of aryl methyl sites for hydroxylation is 2. The van der Waals surface area contributed by atoms with Gasteiger partial charge in [-0.3, -0.25) is 4.79 Å². The first kappa shape index (κ1) is 20.3. The van der Waals surface area contributed by atoms with Gasteiger partial charge in [-0.25, -0.2) is 9.37 Å². The van der Waals surface area contributed by atoms with E-state index in [1.807, 2.05) is 37.3 Å². The normalized spacial score (nSPS) is 10.7. The Morgan fingerprint density at radius 3 is 2.48 bits per heavy atom. The van der Waals surface area contributed by atoms with E-state index in [0.717, 1.165) is 11.3 Å². The lowest BCUT2D eigenvalue weighted by Gasteiger charge is -2.07. The highest BCUT2D eigenvalue weighted by atomic mass is 19.1. The van der Waals surface area contributed by atoms with Crippen molar-refractivity contribution in [2.45, 2.75) is 20.5 Å². The zero-order valence-electron chi connectivity index (χ0n) is 17.2. The molecule has 0 aliphatic heterocycles. The number of nitrogens with zero attached hydrogens (tertiary/aromatic N) is 1. The molecule has 0 aliphatic rings. The lowest BCUT2D eigenvalue weighted by atomic mass is 10.1. The first-order chi connectivity index (χ1) is 15.0. The van der Waals surface area contributed by atoms with Gasteiger partial charge in [-0.1, -0.05) is 24.3 Å². The molecule has 1 N–H and O–H groups in total. The van der Waals surface area contributed by atoms with Gasteiger partial charge in [0.15, 0.2) is 0 Å². The standard InChI is InChI=1S/C25H21FN2O3/c1-16-8-13-20(14-22(16)26)27-24(29)18-9-11-19(12-10-18)25-28-23(17(2)31-25)15-30-21-6-4-3-5-7-21/h3-14H,15H2,1-2H3,(H,27,29). The summed E-state index contributed by atoms with van der Waals surface area (Å²) in [4.78, 5) is 17.0. The smallest absolute Gasteiger partial charge is 0.255 e. The number of halogens is 1. The van der Waals surface area contributed by atoms with E-state index < -0.39 is 0 Å². The van der Waals surface area contributed by atoms with Gasteiger partial charge in [0.25, 0.3) is 5.91 Å². The summed E-state index contributed by atoms with van der Waals surface area (Å²) in [5, 5.41) is 2.70. The maximum absolute atomic E-state index is 13.7. The fourth-order valence-electron chi connectivity index (χ4n) is 2.99. The lowest BCUT2D eigenvalue weighted by molar-refractivity contribution is 0.102. The van der Waals surface area contributed by atoms with Crippen molar-refractivity contribution in [1.82, 2.24) is 4.98 Å². The third kappa shape index (κ3) is 4.80. The molecule has 31 heavy (non-hydrogen) atoms. The van der Waals surface area contributed by atoms with Crippen LogP contribution in [0.5, 0.6) is 5.75 Å². The third-order valence-electron chi connectivity index (χ3n) is 4.84. The predicted molar refractivity (Wildman–Crippen MR) is 117 cm³/mol. The molecule has 4 rings (SSSR count). The van der Waals surface area contributed by atoms with Crippen molar-refractivity contribution in [2.75, 3.05) is 5.32 Å². The molecule has 156 valence electrons. The zero-order chi connectivity index (χ0) is 21.8. The molecule has 0 saturated heterocycles.